The zero-order valence-electron chi connectivity index (χ0n) is 12.8. The van der Waals surface area contributed by atoms with Crippen molar-refractivity contribution in [2.75, 3.05) is 11.9 Å². The molecule has 0 fully saturated rings. The van der Waals surface area contributed by atoms with Gasteiger partial charge in [-0.3, -0.25) is 5.32 Å². The summed E-state index contributed by atoms with van der Waals surface area (Å²) >= 11 is 0. The first-order valence-electron chi connectivity index (χ1n) is 7.07. The number of carbonyl (C=O) groups is 1. The lowest BCUT2D eigenvalue weighted by Crippen LogP contribution is -2.27. The summed E-state index contributed by atoms with van der Waals surface area (Å²) in [6.45, 7) is 5.45. The van der Waals surface area contributed by atoms with Gasteiger partial charge < -0.3 is 14.9 Å². The number of unbranched alkanes of at least 4 members (excludes halogenated alkanes) is 1. The molecule has 0 saturated carbocycles. The number of aromatic nitrogens is 1. The predicted molar refractivity (Wildman–Crippen MR) is 80.0 cm³/mol. The molecule has 1 heterocycles. The van der Waals surface area contributed by atoms with E-state index in [1.54, 1.807) is 39.0 Å². The molecular weight excluding hydrogens is 272 g/mol. The van der Waals surface area contributed by atoms with Crippen LogP contribution in [-0.2, 0) is 4.74 Å². The number of amides is 1. The maximum absolute atomic E-state index is 11.7. The summed E-state index contributed by atoms with van der Waals surface area (Å²) < 4.78 is 5.14. The van der Waals surface area contributed by atoms with Gasteiger partial charge in [0, 0.05) is 6.61 Å². The molecule has 0 bridgehead atoms. The van der Waals surface area contributed by atoms with Crippen molar-refractivity contribution >= 4 is 11.9 Å². The van der Waals surface area contributed by atoms with E-state index in [4.69, 9.17) is 9.84 Å². The third kappa shape index (κ3) is 7.06. The fraction of sp³-hybridized carbons (Fsp3) is 0.600. The topological polar surface area (TPSA) is 91.7 Å². The van der Waals surface area contributed by atoms with E-state index in [1.807, 2.05) is 0 Å². The Morgan fingerprint density at radius 1 is 1.38 bits per heavy atom. The predicted octanol–water partition coefficient (Wildman–Crippen LogP) is 2.62. The van der Waals surface area contributed by atoms with Crippen LogP contribution in [-0.4, -0.2) is 33.5 Å². The second kappa shape index (κ2) is 7.95. The van der Waals surface area contributed by atoms with Gasteiger partial charge in [-0.05, 0) is 52.2 Å². The van der Waals surface area contributed by atoms with E-state index in [-0.39, 0.29) is 6.61 Å². The fourth-order valence-corrected chi connectivity index (χ4v) is 1.71. The number of ether oxygens (including phenoxy) is 1. The smallest absolute Gasteiger partial charge is 0.413 e. The van der Waals surface area contributed by atoms with Crippen LogP contribution >= 0.6 is 0 Å². The molecule has 0 saturated heterocycles. The maximum Gasteiger partial charge on any atom is 0.413 e. The Balaban J connectivity index is 2.61. The van der Waals surface area contributed by atoms with Crippen LogP contribution in [0.1, 0.15) is 51.8 Å². The molecule has 0 aliphatic rings. The molecule has 0 spiro atoms. The van der Waals surface area contributed by atoms with Crippen molar-refractivity contribution in [1.29, 1.82) is 0 Å². The van der Waals surface area contributed by atoms with E-state index in [1.165, 1.54) is 0 Å². The van der Waals surface area contributed by atoms with Gasteiger partial charge in [0.05, 0.1) is 11.8 Å². The number of nitrogens with one attached hydrogen (secondary N) is 1. The first kappa shape index (κ1) is 17.4. The molecule has 6 heteroatoms. The quantitative estimate of drug-likeness (QED) is 0.702. The molecule has 0 radical (unpaired) electrons. The van der Waals surface area contributed by atoms with Crippen molar-refractivity contribution in [3.05, 3.63) is 23.9 Å². The Labute approximate surface area is 125 Å². The van der Waals surface area contributed by atoms with Crippen LogP contribution in [0.3, 0.4) is 0 Å². The summed E-state index contributed by atoms with van der Waals surface area (Å²) in [5.74, 6) is 0.336. The van der Waals surface area contributed by atoms with Crippen LogP contribution in [0.15, 0.2) is 18.2 Å². The molecule has 1 unspecified atom stereocenters. The van der Waals surface area contributed by atoms with E-state index in [2.05, 4.69) is 10.3 Å². The molecule has 0 aliphatic heterocycles. The fourth-order valence-electron chi connectivity index (χ4n) is 1.71. The van der Waals surface area contributed by atoms with E-state index >= 15 is 0 Å². The third-order valence-electron chi connectivity index (χ3n) is 2.63. The van der Waals surface area contributed by atoms with Gasteiger partial charge >= 0.3 is 6.09 Å². The van der Waals surface area contributed by atoms with Crippen LogP contribution in [0.5, 0.6) is 0 Å². The lowest BCUT2D eigenvalue weighted by atomic mass is 10.1. The molecule has 0 aliphatic carbocycles. The Morgan fingerprint density at radius 2 is 2.10 bits per heavy atom. The summed E-state index contributed by atoms with van der Waals surface area (Å²) in [4.78, 5) is 15.9. The Morgan fingerprint density at radius 3 is 2.71 bits per heavy atom. The molecule has 1 rings (SSSR count). The van der Waals surface area contributed by atoms with Gasteiger partial charge in [-0.15, -0.1) is 0 Å². The van der Waals surface area contributed by atoms with Crippen LogP contribution in [0.4, 0.5) is 10.6 Å². The van der Waals surface area contributed by atoms with Gasteiger partial charge in [-0.1, -0.05) is 6.07 Å². The molecule has 0 aromatic carbocycles. The van der Waals surface area contributed by atoms with Crippen LogP contribution in [0.25, 0.3) is 0 Å². The molecule has 6 nitrogen and oxygen atoms in total. The number of nitrogens with zero attached hydrogens (tertiary/aromatic N) is 1. The molecule has 21 heavy (non-hydrogen) atoms. The van der Waals surface area contributed by atoms with E-state index in [0.29, 0.717) is 30.8 Å². The van der Waals surface area contributed by atoms with Crippen molar-refractivity contribution in [2.45, 2.75) is 51.7 Å². The molecular formula is C15H24N2O4. The first-order chi connectivity index (χ1) is 9.81. The molecule has 1 aromatic heterocycles. The Bertz CT molecular complexity index is 457. The number of hydrogen-bond donors (Lipinski definition) is 3. The molecule has 1 atom stereocenters. The first-order valence-corrected chi connectivity index (χ1v) is 7.07. The van der Waals surface area contributed by atoms with Crippen LogP contribution < -0.4 is 5.32 Å². The molecule has 1 amide bonds. The minimum Gasteiger partial charge on any atom is -0.444 e. The molecule has 118 valence electrons. The number of aliphatic hydroxyl groups is 2. The summed E-state index contributed by atoms with van der Waals surface area (Å²) in [5, 5.41) is 21.3. The van der Waals surface area contributed by atoms with Gasteiger partial charge in [-0.25, -0.2) is 9.78 Å². The highest BCUT2D eigenvalue weighted by Crippen LogP contribution is 2.19. The standard InChI is InChI=1S/C15H24N2O4/c1-15(2,3)21-14(20)17-13-9-6-7-11(16-13)12(19)8-4-5-10-18/h6-7,9,12,18-19H,4-5,8,10H2,1-3H3,(H,16,17,20). The number of hydrogen-bond acceptors (Lipinski definition) is 5. The van der Waals surface area contributed by atoms with E-state index in [0.717, 1.165) is 0 Å². The van der Waals surface area contributed by atoms with Gasteiger partial charge in [0.15, 0.2) is 0 Å². The number of aliphatic hydroxyl groups excluding tert-OH is 2. The van der Waals surface area contributed by atoms with E-state index < -0.39 is 17.8 Å². The molecule has 3 N–H and O–H groups in total. The zero-order chi connectivity index (χ0) is 15.9. The number of pyridine rings is 1. The summed E-state index contributed by atoms with van der Waals surface area (Å²) in [6.07, 6.45) is 0.582. The highest BCUT2D eigenvalue weighted by Gasteiger charge is 2.17. The summed E-state index contributed by atoms with van der Waals surface area (Å²) in [6, 6.07) is 5.04. The van der Waals surface area contributed by atoms with Crippen molar-refractivity contribution in [1.82, 2.24) is 4.98 Å². The van der Waals surface area contributed by atoms with Crippen molar-refractivity contribution < 1.29 is 19.7 Å². The SMILES string of the molecule is CC(C)(C)OC(=O)Nc1cccc(C(O)CCCCO)n1. The summed E-state index contributed by atoms with van der Waals surface area (Å²) in [5.41, 5.74) is -0.0904. The van der Waals surface area contributed by atoms with Gasteiger partial charge in [0.2, 0.25) is 0 Å². The average molecular weight is 296 g/mol. The number of rotatable bonds is 6. The van der Waals surface area contributed by atoms with Crippen LogP contribution in [0.2, 0.25) is 0 Å². The normalized spacial score (nSPS) is 12.8. The van der Waals surface area contributed by atoms with Gasteiger partial charge in [0.1, 0.15) is 11.4 Å². The van der Waals surface area contributed by atoms with Crippen molar-refractivity contribution in [3.63, 3.8) is 0 Å². The van der Waals surface area contributed by atoms with Gasteiger partial charge in [-0.2, -0.15) is 0 Å². The zero-order valence-corrected chi connectivity index (χ0v) is 12.8. The van der Waals surface area contributed by atoms with Gasteiger partial charge in [0.25, 0.3) is 0 Å². The largest absolute Gasteiger partial charge is 0.444 e. The minimum absolute atomic E-state index is 0.111. The second-order valence-electron chi connectivity index (χ2n) is 5.81. The second-order valence-corrected chi connectivity index (χ2v) is 5.81. The van der Waals surface area contributed by atoms with E-state index in [9.17, 15) is 9.90 Å². The highest BCUT2D eigenvalue weighted by atomic mass is 16.6. The minimum atomic E-state index is -0.711. The van der Waals surface area contributed by atoms with Crippen molar-refractivity contribution in [2.24, 2.45) is 0 Å². The number of carbonyl (C=O) groups excluding carboxylic acids is 1. The highest BCUT2D eigenvalue weighted by molar-refractivity contribution is 5.83. The van der Waals surface area contributed by atoms with Crippen LogP contribution in [0, 0.1) is 0 Å². The lowest BCUT2D eigenvalue weighted by Gasteiger charge is -2.19. The maximum atomic E-state index is 11.7. The van der Waals surface area contributed by atoms with Crippen molar-refractivity contribution in [3.8, 4) is 0 Å². The third-order valence-corrected chi connectivity index (χ3v) is 2.63. The monoisotopic (exact) mass is 296 g/mol. The average Bonchev–Trinajstić information content (AvgIpc) is 2.36. The Hall–Kier alpha value is -1.66. The lowest BCUT2D eigenvalue weighted by molar-refractivity contribution is 0.0635. The number of anilines is 1. The summed E-state index contributed by atoms with van der Waals surface area (Å²) in [7, 11) is 0. The molecule has 1 aromatic rings. The Kier molecular flexibility index (Phi) is 6.58.